The molecule has 0 aliphatic carbocycles. The van der Waals surface area contributed by atoms with Crippen molar-refractivity contribution < 1.29 is 8.78 Å². The zero-order valence-electron chi connectivity index (χ0n) is 9.90. The van der Waals surface area contributed by atoms with Crippen molar-refractivity contribution in [3.63, 3.8) is 0 Å². The van der Waals surface area contributed by atoms with Gasteiger partial charge in [0.2, 0.25) is 0 Å². The van der Waals surface area contributed by atoms with E-state index in [1.807, 2.05) is 30.3 Å². The lowest BCUT2D eigenvalue weighted by molar-refractivity contribution is 0.603. The smallest absolute Gasteiger partial charge is 0.148 e. The summed E-state index contributed by atoms with van der Waals surface area (Å²) in [4.78, 5) is 0. The van der Waals surface area contributed by atoms with E-state index >= 15 is 0 Å². The van der Waals surface area contributed by atoms with E-state index in [1.165, 1.54) is 6.21 Å². The van der Waals surface area contributed by atoms with Crippen LogP contribution in [0.15, 0.2) is 53.6 Å². The Labute approximate surface area is 109 Å². The Kier molecular flexibility index (Phi) is 4.25. The molecule has 0 aromatic heterocycles. The second-order valence-corrected chi connectivity index (χ2v) is 3.63. The van der Waals surface area contributed by atoms with Crippen LogP contribution in [0.4, 0.5) is 14.5 Å². The van der Waals surface area contributed by atoms with Crippen molar-refractivity contribution >= 4 is 11.9 Å². The summed E-state index contributed by atoms with van der Waals surface area (Å²) in [7, 11) is 0. The van der Waals surface area contributed by atoms with Crippen LogP contribution in [-0.2, 0) is 0 Å². The Balaban J connectivity index is 1.98. The zero-order valence-corrected chi connectivity index (χ0v) is 9.90. The quantitative estimate of drug-likeness (QED) is 0.497. The number of halogens is 2. The van der Waals surface area contributed by atoms with Crippen molar-refractivity contribution in [1.82, 2.24) is 0 Å². The van der Waals surface area contributed by atoms with Crippen molar-refractivity contribution in [2.24, 2.45) is 5.10 Å². The fourth-order valence-electron chi connectivity index (χ4n) is 1.35. The van der Waals surface area contributed by atoms with E-state index in [1.54, 1.807) is 0 Å². The van der Waals surface area contributed by atoms with Crippen LogP contribution in [0.3, 0.4) is 0 Å². The maximum absolute atomic E-state index is 13.2. The lowest BCUT2D eigenvalue weighted by atomic mass is 10.2. The Morgan fingerprint density at radius 2 is 1.84 bits per heavy atom. The first kappa shape index (κ1) is 12.8. The third kappa shape index (κ3) is 3.93. The predicted octanol–water partition coefficient (Wildman–Crippen LogP) is 3.41. The summed E-state index contributed by atoms with van der Waals surface area (Å²) in [5.41, 5.74) is 3.21. The standard InChI is InChI=1S/C15H10F2N2/c16-13-8-9-14(17)15(11-13)19-18-10-4-7-12-5-2-1-3-6-12/h1-3,5-6,8-11,19H/b18-10-. The molecule has 4 heteroatoms. The van der Waals surface area contributed by atoms with Crippen LogP contribution in [0, 0.1) is 23.5 Å². The normalized spacial score (nSPS) is 10.0. The highest BCUT2D eigenvalue weighted by atomic mass is 19.1. The van der Waals surface area contributed by atoms with E-state index in [9.17, 15) is 8.78 Å². The Morgan fingerprint density at radius 3 is 2.63 bits per heavy atom. The number of benzene rings is 2. The molecule has 2 aromatic rings. The molecule has 0 fully saturated rings. The first-order chi connectivity index (χ1) is 9.25. The molecular formula is C15H10F2N2. The number of hydrazone groups is 1. The van der Waals surface area contributed by atoms with Gasteiger partial charge in [-0.15, -0.1) is 0 Å². The van der Waals surface area contributed by atoms with Crippen molar-refractivity contribution in [2.75, 3.05) is 5.43 Å². The molecule has 0 spiro atoms. The van der Waals surface area contributed by atoms with Crippen molar-refractivity contribution in [3.05, 3.63) is 65.7 Å². The third-order valence-electron chi connectivity index (χ3n) is 2.23. The largest absolute Gasteiger partial charge is 0.275 e. The van der Waals surface area contributed by atoms with Crippen LogP contribution < -0.4 is 5.43 Å². The van der Waals surface area contributed by atoms with Crippen LogP contribution in [0.1, 0.15) is 5.56 Å². The van der Waals surface area contributed by atoms with Crippen LogP contribution in [0.2, 0.25) is 0 Å². The number of anilines is 1. The fourth-order valence-corrected chi connectivity index (χ4v) is 1.35. The van der Waals surface area contributed by atoms with Crippen LogP contribution in [0.5, 0.6) is 0 Å². The van der Waals surface area contributed by atoms with Gasteiger partial charge in [-0.25, -0.2) is 8.78 Å². The summed E-state index contributed by atoms with van der Waals surface area (Å²) in [6.07, 6.45) is 1.29. The van der Waals surface area contributed by atoms with Gasteiger partial charge in [0.25, 0.3) is 0 Å². The molecule has 0 bridgehead atoms. The molecule has 19 heavy (non-hydrogen) atoms. The fraction of sp³-hybridized carbons (Fsp3) is 0. The Morgan fingerprint density at radius 1 is 1.05 bits per heavy atom. The Bertz CT molecular complexity index is 640. The van der Waals surface area contributed by atoms with Gasteiger partial charge in [-0.05, 0) is 30.2 Å². The summed E-state index contributed by atoms with van der Waals surface area (Å²) in [5, 5.41) is 3.70. The van der Waals surface area contributed by atoms with Gasteiger partial charge in [-0.3, -0.25) is 5.43 Å². The molecule has 0 atom stereocenters. The van der Waals surface area contributed by atoms with Gasteiger partial charge >= 0.3 is 0 Å². The number of hydrogen-bond acceptors (Lipinski definition) is 2. The van der Waals surface area contributed by atoms with Crippen molar-refractivity contribution in [1.29, 1.82) is 0 Å². The molecule has 0 heterocycles. The van der Waals surface area contributed by atoms with E-state index in [0.717, 1.165) is 23.8 Å². The van der Waals surface area contributed by atoms with Crippen LogP contribution in [0.25, 0.3) is 0 Å². The highest BCUT2D eigenvalue weighted by molar-refractivity contribution is 5.79. The average molecular weight is 256 g/mol. The number of rotatable bonds is 2. The SMILES string of the molecule is Fc1ccc(F)c(N/N=C\C#Cc2ccccc2)c1. The number of nitrogens with zero attached hydrogens (tertiary/aromatic N) is 1. The molecule has 0 aliphatic rings. The first-order valence-electron chi connectivity index (χ1n) is 5.55. The third-order valence-corrected chi connectivity index (χ3v) is 2.23. The monoisotopic (exact) mass is 256 g/mol. The molecule has 2 aromatic carbocycles. The summed E-state index contributed by atoms with van der Waals surface area (Å²) in [6.45, 7) is 0. The molecule has 2 nitrogen and oxygen atoms in total. The molecule has 0 amide bonds. The van der Waals surface area contributed by atoms with Crippen molar-refractivity contribution in [2.45, 2.75) is 0 Å². The maximum Gasteiger partial charge on any atom is 0.148 e. The van der Waals surface area contributed by atoms with E-state index in [0.29, 0.717) is 0 Å². The molecule has 0 unspecified atom stereocenters. The topological polar surface area (TPSA) is 24.4 Å². The molecule has 2 rings (SSSR count). The van der Waals surface area contributed by atoms with Gasteiger partial charge in [0.15, 0.2) is 0 Å². The molecule has 1 N–H and O–H groups in total. The minimum absolute atomic E-state index is 0.0299. The summed E-state index contributed by atoms with van der Waals surface area (Å²) in [5.74, 6) is 4.43. The lowest BCUT2D eigenvalue weighted by Crippen LogP contribution is -1.93. The maximum atomic E-state index is 13.2. The van der Waals surface area contributed by atoms with Crippen LogP contribution >= 0.6 is 0 Å². The molecule has 0 saturated carbocycles. The zero-order chi connectivity index (χ0) is 13.5. The molecule has 0 saturated heterocycles. The molecule has 94 valence electrons. The number of hydrogen-bond donors (Lipinski definition) is 1. The second-order valence-electron chi connectivity index (χ2n) is 3.63. The second kappa shape index (κ2) is 6.31. The summed E-state index contributed by atoms with van der Waals surface area (Å²) >= 11 is 0. The highest BCUT2D eigenvalue weighted by Crippen LogP contribution is 2.14. The van der Waals surface area contributed by atoms with E-state index in [4.69, 9.17) is 0 Å². The van der Waals surface area contributed by atoms with Gasteiger partial charge < -0.3 is 0 Å². The average Bonchev–Trinajstić information content (AvgIpc) is 2.43. The first-order valence-corrected chi connectivity index (χ1v) is 5.55. The summed E-state index contributed by atoms with van der Waals surface area (Å²) < 4.78 is 26.1. The predicted molar refractivity (Wildman–Crippen MR) is 71.8 cm³/mol. The summed E-state index contributed by atoms with van der Waals surface area (Å²) in [6, 6.07) is 12.5. The van der Waals surface area contributed by atoms with Gasteiger partial charge in [0, 0.05) is 11.6 Å². The van der Waals surface area contributed by atoms with Crippen molar-refractivity contribution in [3.8, 4) is 11.8 Å². The lowest BCUT2D eigenvalue weighted by Gasteiger charge is -2.00. The minimum Gasteiger partial charge on any atom is -0.275 e. The molecule has 0 radical (unpaired) electrons. The van der Waals surface area contributed by atoms with Gasteiger partial charge in [-0.2, -0.15) is 5.10 Å². The van der Waals surface area contributed by atoms with E-state index in [-0.39, 0.29) is 5.69 Å². The van der Waals surface area contributed by atoms with Gasteiger partial charge in [-0.1, -0.05) is 24.1 Å². The van der Waals surface area contributed by atoms with Gasteiger partial charge in [0.05, 0.1) is 11.9 Å². The number of nitrogens with one attached hydrogen (secondary N) is 1. The Hall–Kier alpha value is -2.67. The van der Waals surface area contributed by atoms with Gasteiger partial charge in [0.1, 0.15) is 11.6 Å². The minimum atomic E-state index is -0.574. The van der Waals surface area contributed by atoms with E-state index in [2.05, 4.69) is 22.4 Å². The molecule has 0 aliphatic heterocycles. The van der Waals surface area contributed by atoms with Crippen LogP contribution in [-0.4, -0.2) is 6.21 Å². The molecular weight excluding hydrogens is 246 g/mol. The van der Waals surface area contributed by atoms with E-state index < -0.39 is 11.6 Å². The highest BCUT2D eigenvalue weighted by Gasteiger charge is 2.01.